The van der Waals surface area contributed by atoms with Crippen LogP contribution >= 0.6 is 0 Å². The zero-order valence-corrected chi connectivity index (χ0v) is 9.92. The first kappa shape index (κ1) is 11.9. The summed E-state index contributed by atoms with van der Waals surface area (Å²) >= 11 is 0. The fourth-order valence-electron chi connectivity index (χ4n) is 2.29. The number of hydrogen-bond acceptors (Lipinski definition) is 2. The molecule has 1 aliphatic rings. The Kier molecular flexibility index (Phi) is 3.05. The molecule has 92 valence electrons. The van der Waals surface area contributed by atoms with Crippen LogP contribution in [0.1, 0.15) is 32.6 Å². The molecule has 1 aromatic carbocycles. The van der Waals surface area contributed by atoms with Gasteiger partial charge in [0.2, 0.25) is 5.91 Å². The van der Waals surface area contributed by atoms with Gasteiger partial charge in [0.1, 0.15) is 5.82 Å². The zero-order valence-electron chi connectivity index (χ0n) is 9.92. The van der Waals surface area contributed by atoms with Crippen LogP contribution in [0.15, 0.2) is 18.2 Å². The molecule has 0 radical (unpaired) electrons. The summed E-state index contributed by atoms with van der Waals surface area (Å²) in [6, 6.07) is 4.25. The number of hydrogen-bond donors (Lipinski definition) is 2. The number of nitrogens with two attached hydrogens (primary N) is 1. The molecule has 0 unspecified atom stereocenters. The van der Waals surface area contributed by atoms with Gasteiger partial charge in [-0.2, -0.15) is 0 Å². The highest BCUT2D eigenvalue weighted by Gasteiger charge is 2.36. The Balaban J connectivity index is 2.10. The highest BCUT2D eigenvalue weighted by molar-refractivity contribution is 5.95. The number of anilines is 2. The number of benzene rings is 1. The van der Waals surface area contributed by atoms with Gasteiger partial charge in [0.25, 0.3) is 0 Å². The van der Waals surface area contributed by atoms with Crippen LogP contribution in [0, 0.1) is 11.2 Å². The normalized spacial score (nSPS) is 18.0. The largest absolute Gasteiger partial charge is 0.396 e. The Hall–Kier alpha value is -1.58. The van der Waals surface area contributed by atoms with Crippen molar-refractivity contribution < 1.29 is 9.18 Å². The Morgan fingerprint density at radius 2 is 2.06 bits per heavy atom. The maximum absolute atomic E-state index is 13.0. The van der Waals surface area contributed by atoms with E-state index in [2.05, 4.69) is 5.32 Å². The van der Waals surface area contributed by atoms with E-state index in [1.54, 1.807) is 0 Å². The Bertz CT molecular complexity index is 439. The third-order valence-corrected chi connectivity index (χ3v) is 3.51. The minimum atomic E-state index is -0.463. The molecular weight excluding hydrogens is 219 g/mol. The van der Waals surface area contributed by atoms with Crippen molar-refractivity contribution in [3.63, 3.8) is 0 Å². The smallest absolute Gasteiger partial charge is 0.230 e. The highest BCUT2D eigenvalue weighted by Crippen LogP contribution is 2.38. The van der Waals surface area contributed by atoms with Crippen molar-refractivity contribution in [2.75, 3.05) is 11.1 Å². The summed E-state index contributed by atoms with van der Waals surface area (Å²) in [5, 5.41) is 2.81. The van der Waals surface area contributed by atoms with E-state index in [1.807, 2.05) is 6.92 Å². The summed E-state index contributed by atoms with van der Waals surface area (Å²) in [6.07, 6.45) is 4.01. The van der Waals surface area contributed by atoms with Gasteiger partial charge in [-0.3, -0.25) is 4.79 Å². The van der Waals surface area contributed by atoms with E-state index in [1.165, 1.54) is 18.2 Å². The van der Waals surface area contributed by atoms with Crippen molar-refractivity contribution in [2.45, 2.75) is 32.6 Å². The van der Waals surface area contributed by atoms with Crippen LogP contribution in [0.2, 0.25) is 0 Å². The van der Waals surface area contributed by atoms with E-state index in [9.17, 15) is 9.18 Å². The molecule has 0 aliphatic heterocycles. The standard InChI is InChI=1S/C13H17FN2O/c1-13(6-2-3-7-13)12(17)16-9-4-5-10(14)11(15)8-9/h4-5,8H,2-3,6-7,15H2,1H3,(H,16,17). The molecule has 3 N–H and O–H groups in total. The van der Waals surface area contributed by atoms with E-state index in [4.69, 9.17) is 5.73 Å². The number of carbonyl (C=O) groups excluding carboxylic acids is 1. The molecule has 2 rings (SSSR count). The average Bonchev–Trinajstić information content (AvgIpc) is 2.72. The molecule has 0 bridgehead atoms. The number of amides is 1. The van der Waals surface area contributed by atoms with Gasteiger partial charge in [-0.1, -0.05) is 19.8 Å². The molecular formula is C13H17FN2O. The second-order valence-electron chi connectivity index (χ2n) is 4.96. The first-order chi connectivity index (χ1) is 8.01. The lowest BCUT2D eigenvalue weighted by atomic mass is 9.88. The lowest BCUT2D eigenvalue weighted by molar-refractivity contribution is -0.124. The van der Waals surface area contributed by atoms with E-state index in [-0.39, 0.29) is 17.0 Å². The number of carbonyl (C=O) groups is 1. The summed E-state index contributed by atoms with van der Waals surface area (Å²) in [7, 11) is 0. The first-order valence-corrected chi connectivity index (χ1v) is 5.88. The van der Waals surface area contributed by atoms with Crippen molar-refractivity contribution in [3.05, 3.63) is 24.0 Å². The number of rotatable bonds is 2. The highest BCUT2D eigenvalue weighted by atomic mass is 19.1. The topological polar surface area (TPSA) is 55.1 Å². The fourth-order valence-corrected chi connectivity index (χ4v) is 2.29. The predicted octanol–water partition coefficient (Wildman–Crippen LogP) is 2.93. The molecule has 0 heterocycles. The van der Waals surface area contributed by atoms with Crippen LogP contribution in [-0.4, -0.2) is 5.91 Å². The van der Waals surface area contributed by atoms with Gasteiger partial charge in [0.15, 0.2) is 0 Å². The lowest BCUT2D eigenvalue weighted by Crippen LogP contribution is -2.30. The summed E-state index contributed by atoms with van der Waals surface area (Å²) in [5.74, 6) is -0.462. The average molecular weight is 236 g/mol. The van der Waals surface area contributed by atoms with Gasteiger partial charge >= 0.3 is 0 Å². The van der Waals surface area contributed by atoms with Crippen LogP contribution in [-0.2, 0) is 4.79 Å². The van der Waals surface area contributed by atoms with Gasteiger partial charge in [-0.15, -0.1) is 0 Å². The van der Waals surface area contributed by atoms with Crippen molar-refractivity contribution in [1.29, 1.82) is 0 Å². The molecule has 17 heavy (non-hydrogen) atoms. The van der Waals surface area contributed by atoms with Crippen LogP contribution in [0.25, 0.3) is 0 Å². The summed E-state index contributed by atoms with van der Waals surface area (Å²) in [5.41, 5.74) is 5.78. The predicted molar refractivity (Wildman–Crippen MR) is 66.0 cm³/mol. The van der Waals surface area contributed by atoms with Gasteiger partial charge in [-0.05, 0) is 31.0 Å². The zero-order chi connectivity index (χ0) is 12.5. The third kappa shape index (κ3) is 2.40. The second-order valence-corrected chi connectivity index (χ2v) is 4.96. The quantitative estimate of drug-likeness (QED) is 0.776. The molecule has 1 aromatic rings. The van der Waals surface area contributed by atoms with Crippen LogP contribution in [0.4, 0.5) is 15.8 Å². The molecule has 4 heteroatoms. The number of halogens is 1. The van der Waals surface area contributed by atoms with Crippen molar-refractivity contribution >= 4 is 17.3 Å². The second kappa shape index (κ2) is 4.35. The van der Waals surface area contributed by atoms with Gasteiger partial charge in [-0.25, -0.2) is 4.39 Å². The minimum Gasteiger partial charge on any atom is -0.396 e. The summed E-state index contributed by atoms with van der Waals surface area (Å²) in [4.78, 5) is 12.1. The molecule has 1 amide bonds. The molecule has 0 spiro atoms. The SMILES string of the molecule is CC1(C(=O)Nc2ccc(F)c(N)c2)CCCC1. The van der Waals surface area contributed by atoms with Crippen molar-refractivity contribution in [1.82, 2.24) is 0 Å². The van der Waals surface area contributed by atoms with Gasteiger partial charge in [0.05, 0.1) is 5.69 Å². The Morgan fingerprint density at radius 3 is 2.65 bits per heavy atom. The van der Waals surface area contributed by atoms with E-state index in [0.717, 1.165) is 25.7 Å². The maximum Gasteiger partial charge on any atom is 0.230 e. The molecule has 1 saturated carbocycles. The minimum absolute atomic E-state index is 0.000933. The molecule has 3 nitrogen and oxygen atoms in total. The number of nitrogen functional groups attached to an aromatic ring is 1. The molecule has 0 aromatic heterocycles. The van der Waals surface area contributed by atoms with E-state index < -0.39 is 5.82 Å². The fraction of sp³-hybridized carbons (Fsp3) is 0.462. The van der Waals surface area contributed by atoms with Gasteiger partial charge in [0, 0.05) is 11.1 Å². The van der Waals surface area contributed by atoms with Crippen LogP contribution in [0.3, 0.4) is 0 Å². The van der Waals surface area contributed by atoms with Crippen LogP contribution < -0.4 is 11.1 Å². The Morgan fingerprint density at radius 1 is 1.41 bits per heavy atom. The van der Waals surface area contributed by atoms with Crippen molar-refractivity contribution in [3.8, 4) is 0 Å². The Labute approximate surface area is 100 Å². The third-order valence-electron chi connectivity index (χ3n) is 3.51. The summed E-state index contributed by atoms with van der Waals surface area (Å²) < 4.78 is 13.0. The lowest BCUT2D eigenvalue weighted by Gasteiger charge is -2.22. The molecule has 1 aliphatic carbocycles. The van der Waals surface area contributed by atoms with E-state index in [0.29, 0.717) is 5.69 Å². The van der Waals surface area contributed by atoms with Crippen LogP contribution in [0.5, 0.6) is 0 Å². The molecule has 1 fully saturated rings. The first-order valence-electron chi connectivity index (χ1n) is 5.88. The monoisotopic (exact) mass is 236 g/mol. The van der Waals surface area contributed by atoms with Crippen molar-refractivity contribution in [2.24, 2.45) is 5.41 Å². The molecule has 0 atom stereocenters. The summed E-state index contributed by atoms with van der Waals surface area (Å²) in [6.45, 7) is 1.97. The maximum atomic E-state index is 13.0. The van der Waals surface area contributed by atoms with E-state index >= 15 is 0 Å². The molecule has 0 saturated heterocycles. The van der Waals surface area contributed by atoms with Gasteiger partial charge < -0.3 is 11.1 Å². The number of nitrogens with one attached hydrogen (secondary N) is 1.